The van der Waals surface area contributed by atoms with Crippen molar-refractivity contribution in [3.8, 4) is 5.75 Å². The molecule has 1 saturated carbocycles. The first-order valence-corrected chi connectivity index (χ1v) is 8.11. The van der Waals surface area contributed by atoms with Gasteiger partial charge in [-0.2, -0.15) is 0 Å². The van der Waals surface area contributed by atoms with Crippen LogP contribution in [0.3, 0.4) is 0 Å². The van der Waals surface area contributed by atoms with Gasteiger partial charge in [-0.1, -0.05) is 6.07 Å². The van der Waals surface area contributed by atoms with Gasteiger partial charge in [0.2, 0.25) is 0 Å². The van der Waals surface area contributed by atoms with Crippen molar-refractivity contribution in [1.82, 2.24) is 4.90 Å². The third kappa shape index (κ3) is 3.38. The molecule has 1 aromatic carbocycles. The Kier molecular flexibility index (Phi) is 4.45. The summed E-state index contributed by atoms with van der Waals surface area (Å²) in [5.41, 5.74) is 6.88. The van der Waals surface area contributed by atoms with E-state index in [9.17, 15) is 9.50 Å². The first-order valence-electron chi connectivity index (χ1n) is 8.11. The molecule has 2 aliphatic rings. The zero-order chi connectivity index (χ0) is 14.8. The van der Waals surface area contributed by atoms with Crippen molar-refractivity contribution >= 4 is 0 Å². The highest BCUT2D eigenvalue weighted by molar-refractivity contribution is 5.35. The summed E-state index contributed by atoms with van der Waals surface area (Å²) >= 11 is 0. The molecule has 1 aromatic rings. The lowest BCUT2D eigenvalue weighted by Crippen LogP contribution is -2.44. The zero-order valence-corrected chi connectivity index (χ0v) is 12.5. The van der Waals surface area contributed by atoms with Gasteiger partial charge in [0.15, 0.2) is 0 Å². The summed E-state index contributed by atoms with van der Waals surface area (Å²) in [5.74, 6) is 0.0945. The van der Waals surface area contributed by atoms with E-state index in [0.717, 1.165) is 44.3 Å². The lowest BCUT2D eigenvalue weighted by molar-refractivity contribution is 0.117. The van der Waals surface area contributed by atoms with Gasteiger partial charge < -0.3 is 15.7 Å². The van der Waals surface area contributed by atoms with Crippen molar-refractivity contribution < 1.29 is 9.50 Å². The van der Waals surface area contributed by atoms with Crippen LogP contribution < -0.4 is 5.73 Å². The number of phenolic OH excluding ortho intramolecular Hbond substituents is 1. The maximum atomic E-state index is 13.1. The number of piperidine rings is 1. The predicted molar refractivity (Wildman–Crippen MR) is 81.8 cm³/mol. The van der Waals surface area contributed by atoms with Crippen LogP contribution in [0.2, 0.25) is 0 Å². The topological polar surface area (TPSA) is 49.5 Å². The highest BCUT2D eigenvalue weighted by atomic mass is 19.1. The minimum Gasteiger partial charge on any atom is -0.508 e. The Morgan fingerprint density at radius 1 is 1.05 bits per heavy atom. The van der Waals surface area contributed by atoms with Crippen LogP contribution in [-0.4, -0.2) is 35.2 Å². The van der Waals surface area contributed by atoms with Gasteiger partial charge in [0.05, 0.1) is 0 Å². The van der Waals surface area contributed by atoms with Gasteiger partial charge in [-0.15, -0.1) is 0 Å². The Morgan fingerprint density at radius 3 is 2.33 bits per heavy atom. The molecule has 0 bridgehead atoms. The lowest BCUT2D eigenvalue weighted by atomic mass is 9.85. The maximum absolute atomic E-state index is 13.1. The van der Waals surface area contributed by atoms with Crippen LogP contribution in [0.1, 0.15) is 50.0 Å². The smallest absolute Gasteiger partial charge is 0.126 e. The number of benzene rings is 1. The Labute approximate surface area is 125 Å². The fourth-order valence-electron chi connectivity index (χ4n) is 3.90. The highest BCUT2D eigenvalue weighted by Gasteiger charge is 2.29. The Balaban J connectivity index is 1.57. The van der Waals surface area contributed by atoms with E-state index in [-0.39, 0.29) is 11.6 Å². The van der Waals surface area contributed by atoms with Crippen LogP contribution in [0.15, 0.2) is 18.2 Å². The molecule has 2 fully saturated rings. The van der Waals surface area contributed by atoms with E-state index in [4.69, 9.17) is 5.73 Å². The number of hydrogen-bond donors (Lipinski definition) is 2. The quantitative estimate of drug-likeness (QED) is 0.881. The zero-order valence-electron chi connectivity index (χ0n) is 12.5. The molecule has 1 saturated heterocycles. The van der Waals surface area contributed by atoms with Crippen molar-refractivity contribution in [2.75, 3.05) is 13.1 Å². The maximum Gasteiger partial charge on any atom is 0.126 e. The van der Waals surface area contributed by atoms with E-state index >= 15 is 0 Å². The van der Waals surface area contributed by atoms with Crippen LogP contribution in [0, 0.1) is 5.82 Å². The summed E-state index contributed by atoms with van der Waals surface area (Å²) in [7, 11) is 0. The third-order valence-electron chi connectivity index (χ3n) is 5.22. The fraction of sp³-hybridized carbons (Fsp3) is 0.647. The number of halogens is 1. The van der Waals surface area contributed by atoms with E-state index in [0.29, 0.717) is 18.0 Å². The van der Waals surface area contributed by atoms with Crippen LogP contribution in [0.5, 0.6) is 5.75 Å². The van der Waals surface area contributed by atoms with Crippen LogP contribution in [0.25, 0.3) is 0 Å². The second-order valence-corrected chi connectivity index (χ2v) is 6.58. The van der Waals surface area contributed by atoms with E-state index in [2.05, 4.69) is 4.90 Å². The molecule has 116 valence electrons. The van der Waals surface area contributed by atoms with Gasteiger partial charge in [-0.25, -0.2) is 4.39 Å². The molecule has 3 nitrogen and oxygen atoms in total. The summed E-state index contributed by atoms with van der Waals surface area (Å²) in [6, 6.07) is 5.50. The number of nitrogens with zero attached hydrogens (tertiary/aromatic N) is 1. The summed E-state index contributed by atoms with van der Waals surface area (Å²) in [6.45, 7) is 2.14. The first-order chi connectivity index (χ1) is 10.1. The highest BCUT2D eigenvalue weighted by Crippen LogP contribution is 2.35. The van der Waals surface area contributed by atoms with Crippen molar-refractivity contribution in [2.45, 2.75) is 56.5 Å². The van der Waals surface area contributed by atoms with Crippen molar-refractivity contribution in [3.05, 3.63) is 29.6 Å². The molecule has 0 unspecified atom stereocenters. The minimum absolute atomic E-state index is 0.108. The molecule has 0 radical (unpaired) electrons. The molecule has 0 spiro atoms. The van der Waals surface area contributed by atoms with Gasteiger partial charge in [0.1, 0.15) is 11.6 Å². The molecule has 1 aliphatic carbocycles. The van der Waals surface area contributed by atoms with E-state index < -0.39 is 0 Å². The molecule has 4 heteroatoms. The summed E-state index contributed by atoms with van der Waals surface area (Å²) in [4.78, 5) is 2.59. The average molecular weight is 292 g/mol. The van der Waals surface area contributed by atoms with Gasteiger partial charge in [-0.3, -0.25) is 0 Å². The molecule has 3 rings (SSSR count). The number of likely N-dealkylation sites (tertiary alicyclic amines) is 1. The largest absolute Gasteiger partial charge is 0.508 e. The molecule has 0 amide bonds. The standard InChI is InChI=1S/C17H25FN2O/c18-13-1-6-16(17(21)11-13)12-7-9-20(10-8-12)15-4-2-14(19)3-5-15/h1,6,11-12,14-15,21H,2-5,7-10,19H2. The van der Waals surface area contributed by atoms with Gasteiger partial charge >= 0.3 is 0 Å². The number of nitrogens with two attached hydrogens (primary N) is 1. The van der Waals surface area contributed by atoms with E-state index in [1.807, 2.05) is 0 Å². The summed E-state index contributed by atoms with van der Waals surface area (Å²) in [6.07, 6.45) is 6.80. The third-order valence-corrected chi connectivity index (χ3v) is 5.22. The Hall–Kier alpha value is -1.13. The van der Waals surface area contributed by atoms with Crippen LogP contribution in [0.4, 0.5) is 4.39 Å². The van der Waals surface area contributed by atoms with Gasteiger partial charge in [0.25, 0.3) is 0 Å². The second-order valence-electron chi connectivity index (χ2n) is 6.58. The number of aromatic hydroxyl groups is 1. The average Bonchev–Trinajstić information content (AvgIpc) is 2.48. The number of hydrogen-bond acceptors (Lipinski definition) is 3. The normalized spacial score (nSPS) is 28.7. The number of rotatable bonds is 2. The predicted octanol–water partition coefficient (Wildman–Crippen LogP) is 2.98. The monoisotopic (exact) mass is 292 g/mol. The summed E-state index contributed by atoms with van der Waals surface area (Å²) in [5, 5.41) is 9.92. The summed E-state index contributed by atoms with van der Waals surface area (Å²) < 4.78 is 13.1. The SMILES string of the molecule is NC1CCC(N2CCC(c3ccc(F)cc3O)CC2)CC1. The van der Waals surface area contributed by atoms with Crippen LogP contribution >= 0.6 is 0 Å². The first kappa shape index (κ1) is 14.8. The van der Waals surface area contributed by atoms with Gasteiger partial charge in [0, 0.05) is 18.2 Å². The number of phenols is 1. The lowest BCUT2D eigenvalue weighted by Gasteiger charge is -2.40. The second kappa shape index (κ2) is 6.32. The molecular formula is C17H25FN2O. The Morgan fingerprint density at radius 2 is 1.71 bits per heavy atom. The van der Waals surface area contributed by atoms with Gasteiger partial charge in [-0.05, 0) is 69.2 Å². The molecule has 3 N–H and O–H groups in total. The molecule has 0 atom stereocenters. The van der Waals surface area contributed by atoms with E-state index in [1.165, 1.54) is 25.0 Å². The van der Waals surface area contributed by atoms with Crippen molar-refractivity contribution in [1.29, 1.82) is 0 Å². The Bertz CT molecular complexity index is 478. The fourth-order valence-corrected chi connectivity index (χ4v) is 3.90. The minimum atomic E-state index is -0.368. The molecule has 0 aromatic heterocycles. The molecular weight excluding hydrogens is 267 g/mol. The molecule has 21 heavy (non-hydrogen) atoms. The van der Waals surface area contributed by atoms with Crippen LogP contribution in [-0.2, 0) is 0 Å². The molecule has 1 aliphatic heterocycles. The van der Waals surface area contributed by atoms with Crippen molar-refractivity contribution in [2.24, 2.45) is 5.73 Å². The van der Waals surface area contributed by atoms with E-state index in [1.54, 1.807) is 6.07 Å². The molecule has 1 heterocycles. The van der Waals surface area contributed by atoms with Crippen molar-refractivity contribution in [3.63, 3.8) is 0 Å².